The molecule has 0 aliphatic rings. The molecule has 4 N–H and O–H groups in total. The van der Waals surface area contributed by atoms with Crippen molar-refractivity contribution in [2.75, 3.05) is 24.3 Å². The van der Waals surface area contributed by atoms with E-state index >= 15 is 0 Å². The molecular weight excluding hydrogens is 318 g/mol. The van der Waals surface area contributed by atoms with Gasteiger partial charge in [0.05, 0.1) is 24.9 Å². The van der Waals surface area contributed by atoms with E-state index in [1.165, 1.54) is 0 Å². The van der Waals surface area contributed by atoms with Crippen molar-refractivity contribution >= 4 is 23.2 Å². The summed E-state index contributed by atoms with van der Waals surface area (Å²) < 4.78 is 5.19. The van der Waals surface area contributed by atoms with Gasteiger partial charge in [-0.05, 0) is 30.7 Å². The van der Waals surface area contributed by atoms with Gasteiger partial charge in [-0.15, -0.1) is 0 Å². The molecule has 132 valence electrons. The smallest absolute Gasteiger partial charge is 0.228 e. The number of hydrogen-bond donors (Lipinski definition) is 3. The average Bonchev–Trinajstić information content (AvgIpc) is 2.62. The number of methoxy groups -OCH3 is 1. The monoisotopic (exact) mass is 341 g/mol. The van der Waals surface area contributed by atoms with Crippen LogP contribution < -0.4 is 21.1 Å². The van der Waals surface area contributed by atoms with Gasteiger partial charge >= 0.3 is 0 Å². The van der Waals surface area contributed by atoms with Crippen LogP contribution in [-0.2, 0) is 16.0 Å². The molecule has 0 saturated carbocycles. The third-order valence-corrected chi connectivity index (χ3v) is 3.59. The number of nitrogens with two attached hydrogens (primary N) is 1. The van der Waals surface area contributed by atoms with Crippen LogP contribution in [0.15, 0.2) is 48.5 Å². The molecule has 0 bridgehead atoms. The lowest BCUT2D eigenvalue weighted by Crippen LogP contribution is -2.18. The molecule has 2 rings (SSSR count). The molecule has 0 spiro atoms. The summed E-state index contributed by atoms with van der Waals surface area (Å²) >= 11 is 0. The van der Waals surface area contributed by atoms with Crippen molar-refractivity contribution in [3.05, 3.63) is 54.1 Å². The van der Waals surface area contributed by atoms with E-state index < -0.39 is 0 Å². The van der Waals surface area contributed by atoms with Crippen LogP contribution in [0.2, 0.25) is 0 Å². The Morgan fingerprint density at radius 2 is 1.72 bits per heavy atom. The molecule has 0 aromatic heterocycles. The molecule has 0 aliphatic carbocycles. The average molecular weight is 341 g/mol. The molecule has 6 nitrogen and oxygen atoms in total. The van der Waals surface area contributed by atoms with Crippen molar-refractivity contribution in [1.29, 1.82) is 0 Å². The van der Waals surface area contributed by atoms with Crippen LogP contribution in [0, 0.1) is 0 Å². The van der Waals surface area contributed by atoms with Crippen molar-refractivity contribution in [1.82, 2.24) is 0 Å². The molecule has 2 amide bonds. The quantitative estimate of drug-likeness (QED) is 0.688. The third kappa shape index (κ3) is 5.93. The zero-order valence-electron chi connectivity index (χ0n) is 14.2. The van der Waals surface area contributed by atoms with Gasteiger partial charge in [0.2, 0.25) is 11.8 Å². The lowest BCUT2D eigenvalue weighted by molar-refractivity contribution is -0.117. The highest BCUT2D eigenvalue weighted by molar-refractivity contribution is 6.00. The summed E-state index contributed by atoms with van der Waals surface area (Å²) in [5.41, 5.74) is 7.38. The maximum atomic E-state index is 12.3. The second-order valence-electron chi connectivity index (χ2n) is 5.56. The van der Waals surface area contributed by atoms with Crippen LogP contribution in [-0.4, -0.2) is 25.5 Å². The molecule has 6 heteroatoms. The van der Waals surface area contributed by atoms with E-state index in [4.69, 9.17) is 10.5 Å². The van der Waals surface area contributed by atoms with Gasteiger partial charge in [-0.3, -0.25) is 9.59 Å². The Labute approximate surface area is 147 Å². The zero-order chi connectivity index (χ0) is 18.1. The second kappa shape index (κ2) is 9.44. The lowest BCUT2D eigenvalue weighted by atomic mass is 10.1. The van der Waals surface area contributed by atoms with Crippen LogP contribution in [0.25, 0.3) is 0 Å². The Kier molecular flexibility index (Phi) is 6.98. The van der Waals surface area contributed by atoms with Crippen LogP contribution in [0.1, 0.15) is 18.4 Å². The number of benzene rings is 2. The van der Waals surface area contributed by atoms with Gasteiger partial charge < -0.3 is 21.1 Å². The summed E-state index contributed by atoms with van der Waals surface area (Å²) in [4.78, 5) is 24.3. The summed E-state index contributed by atoms with van der Waals surface area (Å²) in [6.07, 6.45) is 1.18. The van der Waals surface area contributed by atoms with E-state index in [0.29, 0.717) is 36.5 Å². The Hall–Kier alpha value is -2.86. The van der Waals surface area contributed by atoms with Crippen molar-refractivity contribution in [2.24, 2.45) is 5.73 Å². The maximum absolute atomic E-state index is 12.3. The molecule has 2 aromatic rings. The summed E-state index contributed by atoms with van der Waals surface area (Å²) in [6.45, 7) is 0.451. The van der Waals surface area contributed by atoms with E-state index in [1.54, 1.807) is 25.3 Å². The van der Waals surface area contributed by atoms with Crippen LogP contribution >= 0.6 is 0 Å². The van der Waals surface area contributed by atoms with E-state index in [-0.39, 0.29) is 18.2 Å². The van der Waals surface area contributed by atoms with Crippen molar-refractivity contribution in [3.8, 4) is 5.75 Å². The first kappa shape index (κ1) is 18.5. The Morgan fingerprint density at radius 1 is 1.00 bits per heavy atom. The fourth-order valence-electron chi connectivity index (χ4n) is 2.31. The van der Waals surface area contributed by atoms with E-state index in [9.17, 15) is 9.59 Å². The van der Waals surface area contributed by atoms with Crippen molar-refractivity contribution in [3.63, 3.8) is 0 Å². The van der Waals surface area contributed by atoms with E-state index in [1.807, 2.05) is 30.3 Å². The molecule has 0 radical (unpaired) electrons. The molecule has 0 heterocycles. The number of rotatable bonds is 8. The van der Waals surface area contributed by atoms with Gasteiger partial charge in [0.1, 0.15) is 5.75 Å². The number of nitrogens with one attached hydrogen (secondary N) is 2. The first-order valence-electron chi connectivity index (χ1n) is 8.14. The van der Waals surface area contributed by atoms with Crippen molar-refractivity contribution in [2.45, 2.75) is 19.3 Å². The number of carbonyl (C=O) groups is 2. The molecule has 25 heavy (non-hydrogen) atoms. The predicted molar refractivity (Wildman–Crippen MR) is 98.7 cm³/mol. The van der Waals surface area contributed by atoms with Gasteiger partial charge in [0.15, 0.2) is 0 Å². The lowest BCUT2D eigenvalue weighted by Gasteiger charge is -2.14. The maximum Gasteiger partial charge on any atom is 0.228 e. The van der Waals surface area contributed by atoms with E-state index in [0.717, 1.165) is 5.56 Å². The van der Waals surface area contributed by atoms with Gasteiger partial charge in [-0.1, -0.05) is 30.3 Å². The van der Waals surface area contributed by atoms with Crippen LogP contribution in [0.4, 0.5) is 11.4 Å². The Balaban J connectivity index is 2.10. The van der Waals surface area contributed by atoms with Crippen LogP contribution in [0.5, 0.6) is 5.75 Å². The molecule has 0 aliphatic heterocycles. The first-order chi connectivity index (χ1) is 12.1. The topological polar surface area (TPSA) is 93.5 Å². The first-order valence-corrected chi connectivity index (χ1v) is 8.14. The molecule has 0 unspecified atom stereocenters. The van der Waals surface area contributed by atoms with E-state index in [2.05, 4.69) is 10.6 Å². The predicted octanol–water partition coefficient (Wildman–Crippen LogP) is 2.55. The van der Waals surface area contributed by atoms with Gasteiger partial charge in [0, 0.05) is 12.5 Å². The number of ether oxygens (including phenoxy) is 1. The number of carbonyl (C=O) groups excluding carboxylic acids is 2. The van der Waals surface area contributed by atoms with Crippen molar-refractivity contribution < 1.29 is 14.3 Å². The highest BCUT2D eigenvalue weighted by Gasteiger charge is 2.11. The largest absolute Gasteiger partial charge is 0.497 e. The standard InChI is InChI=1S/C19H23N3O3/c1-25-15-9-10-16(17(13-15)22-18(23)8-5-11-20)21-19(24)12-14-6-3-2-4-7-14/h2-4,6-7,9-10,13H,5,8,11-12,20H2,1H3,(H,21,24)(H,22,23). The van der Waals surface area contributed by atoms with Gasteiger partial charge in [-0.2, -0.15) is 0 Å². The normalized spacial score (nSPS) is 10.2. The minimum atomic E-state index is -0.158. The summed E-state index contributed by atoms with van der Waals surface area (Å²) in [5, 5.41) is 5.64. The minimum absolute atomic E-state index is 0.155. The molecule has 0 fully saturated rings. The molecule has 2 aromatic carbocycles. The molecule has 0 atom stereocenters. The Bertz CT molecular complexity index is 717. The summed E-state index contributed by atoms with van der Waals surface area (Å²) in [7, 11) is 1.54. The third-order valence-electron chi connectivity index (χ3n) is 3.59. The second-order valence-corrected chi connectivity index (χ2v) is 5.56. The SMILES string of the molecule is COc1ccc(NC(=O)Cc2ccccc2)c(NC(=O)CCCN)c1. The Morgan fingerprint density at radius 3 is 2.40 bits per heavy atom. The number of anilines is 2. The highest BCUT2D eigenvalue weighted by atomic mass is 16.5. The molecule has 0 saturated heterocycles. The highest BCUT2D eigenvalue weighted by Crippen LogP contribution is 2.27. The molecular formula is C19H23N3O3. The zero-order valence-corrected chi connectivity index (χ0v) is 14.2. The summed E-state index contributed by atoms with van der Waals surface area (Å²) in [5.74, 6) is 0.279. The van der Waals surface area contributed by atoms with Gasteiger partial charge in [-0.25, -0.2) is 0 Å². The number of amides is 2. The summed E-state index contributed by atoms with van der Waals surface area (Å²) in [6, 6.07) is 14.6. The number of hydrogen-bond acceptors (Lipinski definition) is 4. The fraction of sp³-hybridized carbons (Fsp3) is 0.263. The fourth-order valence-corrected chi connectivity index (χ4v) is 2.31. The van der Waals surface area contributed by atoms with Crippen LogP contribution in [0.3, 0.4) is 0 Å². The minimum Gasteiger partial charge on any atom is -0.497 e. The van der Waals surface area contributed by atoms with Gasteiger partial charge in [0.25, 0.3) is 0 Å².